The van der Waals surface area contributed by atoms with Crippen LogP contribution in [0.3, 0.4) is 0 Å². The highest BCUT2D eigenvalue weighted by Gasteiger charge is 2.35. The maximum Gasteiger partial charge on any atom is 0.277 e. The number of carbonyl (C=O) groups is 2. The molecule has 0 aliphatic heterocycles. The van der Waals surface area contributed by atoms with Crippen molar-refractivity contribution in [2.75, 3.05) is 4.90 Å². The standard InChI is InChI=1S/C23H22F2N4O2/c24-16-7-5-15(6-8-16)21(22(30)27-18-3-1-2-4-18)29(19-11-9-17(25)10-12-19)23(31)20-13-14-26-28-20/h5-14,18,21H,1-4H2,(H,26,28)(H,27,30). The molecule has 1 aliphatic rings. The molecule has 2 N–H and O–H groups in total. The lowest BCUT2D eigenvalue weighted by molar-refractivity contribution is -0.123. The fourth-order valence-corrected chi connectivity index (χ4v) is 3.90. The maximum absolute atomic E-state index is 13.6. The van der Waals surface area contributed by atoms with Crippen LogP contribution in [0, 0.1) is 11.6 Å². The van der Waals surface area contributed by atoms with Gasteiger partial charge in [-0.05, 0) is 60.9 Å². The van der Waals surface area contributed by atoms with Crippen molar-refractivity contribution in [1.82, 2.24) is 15.5 Å². The Kier molecular flexibility index (Phi) is 6.06. The minimum absolute atomic E-state index is 0.0211. The quantitative estimate of drug-likeness (QED) is 0.625. The zero-order chi connectivity index (χ0) is 21.8. The summed E-state index contributed by atoms with van der Waals surface area (Å²) in [5.41, 5.74) is 0.941. The summed E-state index contributed by atoms with van der Waals surface area (Å²) in [5.74, 6) is -1.81. The molecule has 6 nitrogen and oxygen atoms in total. The summed E-state index contributed by atoms with van der Waals surface area (Å²) >= 11 is 0. The van der Waals surface area contributed by atoms with Crippen LogP contribution in [0.4, 0.5) is 14.5 Å². The van der Waals surface area contributed by atoms with Gasteiger partial charge in [0.2, 0.25) is 5.91 Å². The van der Waals surface area contributed by atoms with Gasteiger partial charge < -0.3 is 5.32 Å². The summed E-state index contributed by atoms with van der Waals surface area (Å²) in [5, 5.41) is 9.47. The normalized spacial score (nSPS) is 14.9. The third-order valence-electron chi connectivity index (χ3n) is 5.45. The molecule has 8 heteroatoms. The van der Waals surface area contributed by atoms with E-state index in [0.29, 0.717) is 11.3 Å². The van der Waals surface area contributed by atoms with Crippen LogP contribution in [0.2, 0.25) is 0 Å². The van der Waals surface area contributed by atoms with Gasteiger partial charge in [-0.3, -0.25) is 19.6 Å². The number of rotatable bonds is 6. The number of anilines is 1. The van der Waals surface area contributed by atoms with Gasteiger partial charge in [-0.25, -0.2) is 8.78 Å². The predicted molar refractivity (Wildman–Crippen MR) is 111 cm³/mol. The highest BCUT2D eigenvalue weighted by atomic mass is 19.1. The van der Waals surface area contributed by atoms with Gasteiger partial charge in [-0.15, -0.1) is 0 Å². The molecule has 0 radical (unpaired) electrons. The van der Waals surface area contributed by atoms with Crippen molar-refractivity contribution in [1.29, 1.82) is 0 Å². The number of nitrogens with one attached hydrogen (secondary N) is 2. The van der Waals surface area contributed by atoms with E-state index in [0.717, 1.165) is 25.7 Å². The summed E-state index contributed by atoms with van der Waals surface area (Å²) in [6.07, 6.45) is 5.23. The highest BCUT2D eigenvalue weighted by molar-refractivity contribution is 6.09. The molecule has 1 fully saturated rings. The van der Waals surface area contributed by atoms with Gasteiger partial charge in [0.1, 0.15) is 23.4 Å². The van der Waals surface area contributed by atoms with Gasteiger partial charge in [0, 0.05) is 17.9 Å². The van der Waals surface area contributed by atoms with Crippen molar-refractivity contribution in [3.05, 3.63) is 83.7 Å². The van der Waals surface area contributed by atoms with Crippen molar-refractivity contribution in [2.45, 2.75) is 37.8 Å². The Morgan fingerprint density at radius 2 is 1.58 bits per heavy atom. The Hall–Kier alpha value is -3.55. The zero-order valence-corrected chi connectivity index (χ0v) is 16.7. The van der Waals surface area contributed by atoms with Gasteiger partial charge in [0.15, 0.2) is 0 Å². The van der Waals surface area contributed by atoms with Crippen LogP contribution >= 0.6 is 0 Å². The average Bonchev–Trinajstić information content (AvgIpc) is 3.47. The molecule has 1 aromatic heterocycles. The molecule has 0 spiro atoms. The number of nitrogens with zero attached hydrogens (tertiary/aromatic N) is 2. The van der Waals surface area contributed by atoms with E-state index in [9.17, 15) is 18.4 Å². The van der Waals surface area contributed by atoms with Crippen LogP contribution in [0.5, 0.6) is 0 Å². The van der Waals surface area contributed by atoms with Crippen LogP contribution < -0.4 is 10.2 Å². The zero-order valence-electron chi connectivity index (χ0n) is 16.7. The topological polar surface area (TPSA) is 78.1 Å². The largest absolute Gasteiger partial charge is 0.351 e. The first-order valence-electron chi connectivity index (χ1n) is 10.2. The minimum atomic E-state index is -1.08. The van der Waals surface area contributed by atoms with Crippen LogP contribution in [0.15, 0.2) is 60.8 Å². The lowest BCUT2D eigenvalue weighted by Crippen LogP contribution is -2.46. The van der Waals surface area contributed by atoms with Gasteiger partial charge >= 0.3 is 0 Å². The summed E-state index contributed by atoms with van der Waals surface area (Å²) in [7, 11) is 0. The third kappa shape index (κ3) is 4.63. The van der Waals surface area contributed by atoms with Crippen molar-refractivity contribution in [2.24, 2.45) is 0 Å². The van der Waals surface area contributed by atoms with Crippen LogP contribution in [-0.2, 0) is 4.79 Å². The molecule has 31 heavy (non-hydrogen) atoms. The van der Waals surface area contributed by atoms with Crippen molar-refractivity contribution in [3.8, 4) is 0 Å². The first-order chi connectivity index (χ1) is 15.0. The lowest BCUT2D eigenvalue weighted by atomic mass is 10.0. The van der Waals surface area contributed by atoms with Crippen molar-refractivity contribution >= 4 is 17.5 Å². The molecular formula is C23H22F2N4O2. The molecular weight excluding hydrogens is 402 g/mol. The molecule has 3 aromatic rings. The van der Waals surface area contributed by atoms with E-state index in [-0.39, 0.29) is 17.6 Å². The minimum Gasteiger partial charge on any atom is -0.351 e. The SMILES string of the molecule is O=C(NC1CCCC1)C(c1ccc(F)cc1)N(C(=O)c1ccn[nH]1)c1ccc(F)cc1. The molecule has 1 heterocycles. The number of aromatic amines is 1. The molecule has 1 saturated carbocycles. The Bertz CT molecular complexity index is 1030. The van der Waals surface area contributed by atoms with Crippen LogP contribution in [0.1, 0.15) is 47.8 Å². The second kappa shape index (κ2) is 9.07. The van der Waals surface area contributed by atoms with E-state index in [1.807, 2.05) is 0 Å². The van der Waals surface area contributed by atoms with E-state index in [1.54, 1.807) is 0 Å². The van der Waals surface area contributed by atoms with E-state index in [1.165, 1.54) is 65.7 Å². The van der Waals surface area contributed by atoms with E-state index in [4.69, 9.17) is 0 Å². The van der Waals surface area contributed by atoms with Gasteiger partial charge in [-0.2, -0.15) is 5.10 Å². The molecule has 160 valence electrons. The average molecular weight is 424 g/mol. The summed E-state index contributed by atoms with van der Waals surface area (Å²) in [4.78, 5) is 28.1. The molecule has 1 unspecified atom stereocenters. The molecule has 0 saturated heterocycles. The number of aromatic nitrogens is 2. The van der Waals surface area contributed by atoms with E-state index >= 15 is 0 Å². The highest BCUT2D eigenvalue weighted by Crippen LogP contribution is 2.31. The third-order valence-corrected chi connectivity index (χ3v) is 5.45. The van der Waals surface area contributed by atoms with E-state index < -0.39 is 23.6 Å². The Balaban J connectivity index is 1.79. The monoisotopic (exact) mass is 424 g/mol. The Morgan fingerprint density at radius 3 is 2.16 bits per heavy atom. The van der Waals surface area contributed by atoms with Gasteiger partial charge in [-0.1, -0.05) is 25.0 Å². The molecule has 2 amide bonds. The number of hydrogen-bond donors (Lipinski definition) is 2. The second-order valence-electron chi connectivity index (χ2n) is 7.57. The molecule has 1 atom stereocenters. The summed E-state index contributed by atoms with van der Waals surface area (Å²) < 4.78 is 27.2. The predicted octanol–water partition coefficient (Wildman–Crippen LogP) is 4.13. The summed E-state index contributed by atoms with van der Waals surface area (Å²) in [6.45, 7) is 0. The number of carbonyl (C=O) groups excluding carboxylic acids is 2. The summed E-state index contributed by atoms with van der Waals surface area (Å²) in [6, 6.07) is 11.2. The van der Waals surface area contributed by atoms with Crippen LogP contribution in [-0.4, -0.2) is 28.1 Å². The lowest BCUT2D eigenvalue weighted by Gasteiger charge is -2.32. The maximum atomic E-state index is 13.6. The first kappa shape index (κ1) is 20.7. The van der Waals surface area contributed by atoms with Crippen molar-refractivity contribution in [3.63, 3.8) is 0 Å². The number of H-pyrrole nitrogens is 1. The van der Waals surface area contributed by atoms with Gasteiger partial charge in [0.25, 0.3) is 5.91 Å². The molecule has 0 bridgehead atoms. The number of hydrogen-bond acceptors (Lipinski definition) is 3. The van der Waals surface area contributed by atoms with Crippen molar-refractivity contribution < 1.29 is 18.4 Å². The number of benzene rings is 2. The van der Waals surface area contributed by atoms with E-state index in [2.05, 4.69) is 15.5 Å². The molecule has 4 rings (SSSR count). The van der Waals surface area contributed by atoms with Crippen LogP contribution in [0.25, 0.3) is 0 Å². The molecule has 1 aliphatic carbocycles. The Morgan fingerprint density at radius 1 is 0.968 bits per heavy atom. The fraction of sp³-hybridized carbons (Fsp3) is 0.261. The smallest absolute Gasteiger partial charge is 0.277 e. The number of amides is 2. The fourth-order valence-electron chi connectivity index (χ4n) is 3.90. The number of halogens is 2. The second-order valence-corrected chi connectivity index (χ2v) is 7.57. The van der Waals surface area contributed by atoms with Gasteiger partial charge in [0.05, 0.1) is 0 Å². The molecule has 2 aromatic carbocycles. The first-order valence-corrected chi connectivity index (χ1v) is 10.2. The Labute approximate surface area is 178 Å².